The summed E-state index contributed by atoms with van der Waals surface area (Å²) in [7, 11) is 0. The average Bonchev–Trinajstić information content (AvgIpc) is 2.83. The molecule has 1 aromatic heterocycles. The molecule has 3 rings (SSSR count). The van der Waals surface area contributed by atoms with Crippen molar-refractivity contribution < 1.29 is 4.79 Å². The molecule has 0 radical (unpaired) electrons. The minimum Gasteiger partial charge on any atom is -0.286 e. The Balaban J connectivity index is 1.84. The third kappa shape index (κ3) is 2.88. The predicted molar refractivity (Wildman–Crippen MR) is 80.8 cm³/mol. The topological polar surface area (TPSA) is 45.6 Å². The van der Waals surface area contributed by atoms with E-state index in [1.807, 2.05) is 42.5 Å². The number of nitrogens with zero attached hydrogens (tertiary/aromatic N) is 3. The van der Waals surface area contributed by atoms with E-state index in [0.29, 0.717) is 12.3 Å². The molecule has 100 valence electrons. The molecular weight excluding hydrogens is 270 g/mol. The minimum absolute atomic E-state index is 0.0912. The van der Waals surface area contributed by atoms with Gasteiger partial charge in [-0.05, 0) is 23.8 Å². The minimum atomic E-state index is 0.0912. The van der Waals surface area contributed by atoms with Crippen LogP contribution in [0.25, 0.3) is 0 Å². The molecule has 0 spiro atoms. The third-order valence-corrected chi connectivity index (χ3v) is 3.86. The van der Waals surface area contributed by atoms with Crippen molar-refractivity contribution in [3.63, 3.8) is 0 Å². The molecule has 0 unspecified atom stereocenters. The van der Waals surface area contributed by atoms with Gasteiger partial charge in [-0.3, -0.25) is 14.7 Å². The zero-order valence-corrected chi connectivity index (χ0v) is 11.6. The number of hydrogen-bond acceptors (Lipinski definition) is 4. The van der Waals surface area contributed by atoms with Gasteiger partial charge >= 0.3 is 0 Å². The van der Waals surface area contributed by atoms with Crippen molar-refractivity contribution in [2.24, 2.45) is 4.99 Å². The quantitative estimate of drug-likeness (QED) is 0.870. The molecule has 0 saturated carbocycles. The summed E-state index contributed by atoms with van der Waals surface area (Å²) in [6.45, 7) is 0.519. The van der Waals surface area contributed by atoms with Crippen molar-refractivity contribution in [1.82, 2.24) is 9.88 Å². The van der Waals surface area contributed by atoms with Crippen molar-refractivity contribution in [2.75, 3.05) is 5.75 Å². The van der Waals surface area contributed by atoms with Crippen molar-refractivity contribution in [3.05, 3.63) is 60.4 Å². The molecule has 2 aromatic rings. The molecule has 5 heteroatoms. The van der Waals surface area contributed by atoms with E-state index in [9.17, 15) is 4.79 Å². The smallest absolute Gasteiger partial charge is 0.239 e. The van der Waals surface area contributed by atoms with Crippen LogP contribution >= 0.6 is 11.8 Å². The number of benzene rings is 1. The van der Waals surface area contributed by atoms with Gasteiger partial charge in [0.2, 0.25) is 5.91 Å². The molecule has 0 aliphatic carbocycles. The van der Waals surface area contributed by atoms with Crippen molar-refractivity contribution in [1.29, 1.82) is 0 Å². The van der Waals surface area contributed by atoms with E-state index in [1.165, 1.54) is 11.8 Å². The number of hydrogen-bond donors (Lipinski definition) is 0. The average molecular weight is 283 g/mol. The zero-order chi connectivity index (χ0) is 13.8. The standard InChI is InChI=1S/C15H13N3OS/c19-14-11-20-15(17-13-6-2-1-3-7-13)18(14)10-12-5-4-8-16-9-12/h1-9H,10-11H2. The number of carbonyl (C=O) groups is 1. The molecule has 1 aliphatic heterocycles. The lowest BCUT2D eigenvalue weighted by atomic mass is 10.3. The van der Waals surface area contributed by atoms with Crippen LogP contribution < -0.4 is 0 Å². The Morgan fingerprint density at radius 3 is 2.80 bits per heavy atom. The van der Waals surface area contributed by atoms with E-state index in [2.05, 4.69) is 9.98 Å². The van der Waals surface area contributed by atoms with Gasteiger partial charge in [0.25, 0.3) is 0 Å². The van der Waals surface area contributed by atoms with Crippen LogP contribution in [0.15, 0.2) is 59.9 Å². The summed E-state index contributed by atoms with van der Waals surface area (Å²) < 4.78 is 0. The van der Waals surface area contributed by atoms with E-state index in [-0.39, 0.29) is 5.91 Å². The van der Waals surface area contributed by atoms with Crippen LogP contribution in [0.5, 0.6) is 0 Å². The fourth-order valence-electron chi connectivity index (χ4n) is 1.92. The summed E-state index contributed by atoms with van der Waals surface area (Å²) in [6, 6.07) is 13.5. The molecule has 1 fully saturated rings. The second-order valence-electron chi connectivity index (χ2n) is 4.36. The maximum atomic E-state index is 12.0. The largest absolute Gasteiger partial charge is 0.286 e. The fraction of sp³-hybridized carbons (Fsp3) is 0.133. The van der Waals surface area contributed by atoms with Crippen LogP contribution in [0.4, 0.5) is 5.69 Å². The van der Waals surface area contributed by atoms with Crippen LogP contribution in [0.2, 0.25) is 0 Å². The summed E-state index contributed by atoms with van der Waals surface area (Å²) in [4.78, 5) is 22.3. The molecule has 20 heavy (non-hydrogen) atoms. The number of rotatable bonds is 3. The number of aliphatic imine (C=N–C) groups is 1. The fourth-order valence-corrected chi connectivity index (χ4v) is 2.83. The molecule has 1 amide bonds. The first-order valence-corrected chi connectivity index (χ1v) is 7.27. The van der Waals surface area contributed by atoms with Gasteiger partial charge in [-0.25, -0.2) is 4.99 Å². The Morgan fingerprint density at radius 2 is 2.05 bits per heavy atom. The summed E-state index contributed by atoms with van der Waals surface area (Å²) in [5, 5.41) is 0.755. The van der Waals surface area contributed by atoms with E-state index < -0.39 is 0 Å². The molecule has 0 atom stereocenters. The van der Waals surface area contributed by atoms with Crippen molar-refractivity contribution in [3.8, 4) is 0 Å². The number of aromatic nitrogens is 1. The summed E-state index contributed by atoms with van der Waals surface area (Å²) in [5.41, 5.74) is 1.87. The maximum absolute atomic E-state index is 12.0. The van der Waals surface area contributed by atoms with Crippen molar-refractivity contribution in [2.45, 2.75) is 6.54 Å². The molecule has 1 saturated heterocycles. The Bertz CT molecular complexity index is 628. The molecule has 4 nitrogen and oxygen atoms in total. The normalized spacial score (nSPS) is 16.9. The first kappa shape index (κ1) is 12.9. The summed E-state index contributed by atoms with van der Waals surface area (Å²) in [5.74, 6) is 0.542. The Morgan fingerprint density at radius 1 is 1.20 bits per heavy atom. The van der Waals surface area contributed by atoms with E-state index >= 15 is 0 Å². The number of pyridine rings is 1. The van der Waals surface area contributed by atoms with E-state index in [4.69, 9.17) is 0 Å². The highest BCUT2D eigenvalue weighted by molar-refractivity contribution is 8.15. The Labute approximate surface area is 121 Å². The number of para-hydroxylation sites is 1. The second kappa shape index (κ2) is 5.88. The van der Waals surface area contributed by atoms with Gasteiger partial charge < -0.3 is 0 Å². The maximum Gasteiger partial charge on any atom is 0.239 e. The molecule has 0 N–H and O–H groups in total. The lowest BCUT2D eigenvalue weighted by Crippen LogP contribution is -2.28. The van der Waals surface area contributed by atoms with Gasteiger partial charge in [-0.1, -0.05) is 36.0 Å². The van der Waals surface area contributed by atoms with E-state index in [1.54, 1.807) is 17.3 Å². The molecule has 1 aliphatic rings. The highest BCUT2D eigenvalue weighted by Gasteiger charge is 2.28. The predicted octanol–water partition coefficient (Wildman–Crippen LogP) is 2.84. The first-order chi connectivity index (χ1) is 9.83. The highest BCUT2D eigenvalue weighted by atomic mass is 32.2. The van der Waals surface area contributed by atoms with Gasteiger partial charge in [0.05, 0.1) is 18.0 Å². The van der Waals surface area contributed by atoms with Crippen LogP contribution in [-0.4, -0.2) is 26.7 Å². The Kier molecular flexibility index (Phi) is 3.78. The highest BCUT2D eigenvalue weighted by Crippen LogP contribution is 2.24. The van der Waals surface area contributed by atoms with Gasteiger partial charge in [-0.15, -0.1) is 0 Å². The lowest BCUT2D eigenvalue weighted by molar-refractivity contribution is -0.124. The number of amides is 1. The number of carbonyl (C=O) groups excluding carboxylic acids is 1. The molecule has 1 aromatic carbocycles. The zero-order valence-electron chi connectivity index (χ0n) is 10.8. The lowest BCUT2D eigenvalue weighted by Gasteiger charge is -2.15. The summed E-state index contributed by atoms with van der Waals surface area (Å²) >= 11 is 1.48. The van der Waals surface area contributed by atoms with Gasteiger partial charge in [0.15, 0.2) is 5.17 Å². The SMILES string of the molecule is O=C1CSC(=Nc2ccccc2)N1Cc1cccnc1. The summed E-state index contributed by atoms with van der Waals surface area (Å²) in [6.07, 6.45) is 3.50. The molecule has 2 heterocycles. The van der Waals surface area contributed by atoms with Crippen LogP contribution in [-0.2, 0) is 11.3 Å². The Hall–Kier alpha value is -2.14. The molecule has 0 bridgehead atoms. The van der Waals surface area contributed by atoms with Crippen LogP contribution in [0.3, 0.4) is 0 Å². The third-order valence-electron chi connectivity index (χ3n) is 2.90. The monoisotopic (exact) mass is 283 g/mol. The number of thioether (sulfide) groups is 1. The first-order valence-electron chi connectivity index (χ1n) is 6.29. The molecular formula is C15H13N3OS. The van der Waals surface area contributed by atoms with Gasteiger partial charge in [0.1, 0.15) is 0 Å². The second-order valence-corrected chi connectivity index (χ2v) is 5.30. The van der Waals surface area contributed by atoms with Crippen LogP contribution in [0.1, 0.15) is 5.56 Å². The van der Waals surface area contributed by atoms with Gasteiger partial charge in [-0.2, -0.15) is 0 Å². The van der Waals surface area contributed by atoms with E-state index in [0.717, 1.165) is 16.4 Å². The van der Waals surface area contributed by atoms with Crippen molar-refractivity contribution >= 4 is 28.5 Å². The van der Waals surface area contributed by atoms with Gasteiger partial charge in [0, 0.05) is 12.4 Å². The number of amidine groups is 1. The van der Waals surface area contributed by atoms with Crippen LogP contribution in [0, 0.1) is 0 Å².